The molecule has 0 bridgehead atoms. The third-order valence-electron chi connectivity index (χ3n) is 6.36. The Bertz CT molecular complexity index is 1070. The predicted octanol–water partition coefficient (Wildman–Crippen LogP) is 1.43. The fourth-order valence-corrected chi connectivity index (χ4v) is 5.52. The molecule has 1 aromatic heterocycles. The summed E-state index contributed by atoms with van der Waals surface area (Å²) in [6.45, 7) is 6.55. The first-order valence-electron chi connectivity index (χ1n) is 11.6. The maximum atomic E-state index is 13.3. The van der Waals surface area contributed by atoms with Gasteiger partial charge in [0.05, 0.1) is 42.1 Å². The van der Waals surface area contributed by atoms with Crippen molar-refractivity contribution in [2.24, 2.45) is 5.92 Å². The van der Waals surface area contributed by atoms with Crippen molar-refractivity contribution in [3.63, 3.8) is 0 Å². The molecular formula is C23H35N5O5S. The average molecular weight is 494 g/mol. The summed E-state index contributed by atoms with van der Waals surface area (Å²) in [5, 5.41) is 17.8. The number of carbonyl (C=O) groups is 1. The smallest absolute Gasteiger partial charge is 0.243 e. The first-order chi connectivity index (χ1) is 16.1. The van der Waals surface area contributed by atoms with Crippen molar-refractivity contribution in [2.75, 3.05) is 26.7 Å². The quantitative estimate of drug-likeness (QED) is 0.647. The van der Waals surface area contributed by atoms with Gasteiger partial charge in [0.1, 0.15) is 0 Å². The zero-order valence-corrected chi connectivity index (χ0v) is 21.1. The van der Waals surface area contributed by atoms with E-state index >= 15 is 0 Å². The molecule has 3 rings (SSSR count). The number of aliphatic hydroxyl groups excluding tert-OH is 1. The monoisotopic (exact) mass is 493 g/mol. The van der Waals surface area contributed by atoms with E-state index in [0.29, 0.717) is 31.5 Å². The topological polar surface area (TPSA) is 118 Å². The Morgan fingerprint density at radius 2 is 2.06 bits per heavy atom. The standard InChI is InChI=1S/C23H35N5O5S/c1-17-8-5-6-9-22(17)34(31,32)26(4)14-21-18(2)13-27(19(3)15-29)23(30)10-7-11-28-20(16-33-21)12-24-25-28/h5-6,8-9,12,18-19,21,29H,7,10-11,13-16H2,1-4H3/t18-,19-,21-/m0/s1. The van der Waals surface area contributed by atoms with Crippen LogP contribution < -0.4 is 0 Å². The summed E-state index contributed by atoms with van der Waals surface area (Å²) in [7, 11) is -2.19. The van der Waals surface area contributed by atoms with Crippen molar-refractivity contribution >= 4 is 15.9 Å². The number of carbonyl (C=O) groups excluding carboxylic acids is 1. The zero-order valence-electron chi connectivity index (χ0n) is 20.3. The van der Waals surface area contributed by atoms with E-state index in [0.717, 1.165) is 5.69 Å². The van der Waals surface area contributed by atoms with Gasteiger partial charge >= 0.3 is 0 Å². The normalized spacial score (nSPS) is 21.6. The largest absolute Gasteiger partial charge is 0.394 e. The highest BCUT2D eigenvalue weighted by molar-refractivity contribution is 7.89. The molecule has 1 aliphatic rings. The number of aromatic nitrogens is 3. The van der Waals surface area contributed by atoms with Gasteiger partial charge in [-0.25, -0.2) is 13.1 Å². The number of hydrogen-bond acceptors (Lipinski definition) is 7. The molecule has 2 heterocycles. The van der Waals surface area contributed by atoms with Crippen LogP contribution in [0.1, 0.15) is 37.9 Å². The van der Waals surface area contributed by atoms with Gasteiger partial charge in [-0.1, -0.05) is 30.3 Å². The first kappa shape index (κ1) is 26.3. The van der Waals surface area contributed by atoms with E-state index in [1.165, 1.54) is 4.31 Å². The number of aryl methyl sites for hydroxylation is 2. The Morgan fingerprint density at radius 3 is 2.76 bits per heavy atom. The Balaban J connectivity index is 1.88. The first-order valence-corrected chi connectivity index (χ1v) is 13.0. The number of sulfonamides is 1. The van der Waals surface area contributed by atoms with Gasteiger partial charge in [0.25, 0.3) is 0 Å². The van der Waals surface area contributed by atoms with E-state index in [2.05, 4.69) is 10.3 Å². The number of fused-ring (bicyclic) bond motifs is 1. The lowest BCUT2D eigenvalue weighted by Crippen LogP contribution is -2.47. The molecule has 0 aliphatic carbocycles. The van der Waals surface area contributed by atoms with Crippen molar-refractivity contribution in [2.45, 2.75) is 63.8 Å². The highest BCUT2D eigenvalue weighted by atomic mass is 32.2. The summed E-state index contributed by atoms with van der Waals surface area (Å²) in [4.78, 5) is 14.9. The highest BCUT2D eigenvalue weighted by Gasteiger charge is 2.31. The van der Waals surface area contributed by atoms with Crippen LogP contribution in [0.3, 0.4) is 0 Å². The van der Waals surface area contributed by atoms with Gasteiger partial charge in [-0.3, -0.25) is 4.79 Å². The fourth-order valence-electron chi connectivity index (χ4n) is 4.11. The molecule has 1 aliphatic heterocycles. The molecule has 0 radical (unpaired) electrons. The molecular weight excluding hydrogens is 458 g/mol. The molecule has 0 spiro atoms. The van der Waals surface area contributed by atoms with Crippen LogP contribution >= 0.6 is 0 Å². The van der Waals surface area contributed by atoms with Crippen LogP contribution in [-0.2, 0) is 32.7 Å². The van der Waals surface area contributed by atoms with Crippen molar-refractivity contribution < 1.29 is 23.1 Å². The molecule has 0 saturated carbocycles. The minimum atomic E-state index is -3.73. The van der Waals surface area contributed by atoms with Crippen LogP contribution in [0, 0.1) is 12.8 Å². The molecule has 1 aromatic carbocycles. The van der Waals surface area contributed by atoms with Crippen LogP contribution in [0.5, 0.6) is 0 Å². The summed E-state index contributed by atoms with van der Waals surface area (Å²) < 4.78 is 35.8. The van der Waals surface area contributed by atoms with Gasteiger partial charge in [-0.2, -0.15) is 4.31 Å². The highest BCUT2D eigenvalue weighted by Crippen LogP contribution is 2.22. The number of aliphatic hydroxyl groups is 1. The van der Waals surface area contributed by atoms with Crippen LogP contribution in [0.15, 0.2) is 35.4 Å². The van der Waals surface area contributed by atoms with Gasteiger partial charge in [0.15, 0.2) is 0 Å². The van der Waals surface area contributed by atoms with E-state index in [-0.39, 0.29) is 42.5 Å². The fraction of sp³-hybridized carbons (Fsp3) is 0.609. The zero-order chi connectivity index (χ0) is 24.9. The van der Waals surface area contributed by atoms with E-state index in [1.54, 1.807) is 60.9 Å². The van der Waals surface area contributed by atoms with Gasteiger partial charge in [0.2, 0.25) is 15.9 Å². The van der Waals surface area contributed by atoms with Crippen molar-refractivity contribution in [1.29, 1.82) is 0 Å². The molecule has 3 atom stereocenters. The van der Waals surface area contributed by atoms with Gasteiger partial charge < -0.3 is 14.7 Å². The molecule has 0 fully saturated rings. The summed E-state index contributed by atoms with van der Waals surface area (Å²) >= 11 is 0. The summed E-state index contributed by atoms with van der Waals surface area (Å²) in [6.07, 6.45) is 2.04. The molecule has 11 heteroatoms. The maximum absolute atomic E-state index is 13.3. The molecule has 1 amide bonds. The Hall–Kier alpha value is -2.34. The average Bonchev–Trinajstić information content (AvgIpc) is 3.25. The molecule has 188 valence electrons. The van der Waals surface area contributed by atoms with Crippen LogP contribution in [0.2, 0.25) is 0 Å². The molecule has 0 saturated heterocycles. The van der Waals surface area contributed by atoms with E-state index in [1.807, 2.05) is 6.92 Å². The third-order valence-corrected chi connectivity index (χ3v) is 8.34. The summed E-state index contributed by atoms with van der Waals surface area (Å²) in [5.74, 6) is -0.258. The van der Waals surface area contributed by atoms with Crippen LogP contribution in [0.4, 0.5) is 0 Å². The van der Waals surface area contributed by atoms with Gasteiger partial charge in [0, 0.05) is 39.0 Å². The maximum Gasteiger partial charge on any atom is 0.243 e. The summed E-state index contributed by atoms with van der Waals surface area (Å²) in [6, 6.07) is 6.52. The van der Waals surface area contributed by atoms with Crippen LogP contribution in [-0.4, -0.2) is 82.5 Å². The predicted molar refractivity (Wildman–Crippen MR) is 126 cm³/mol. The molecule has 1 N–H and O–H groups in total. The minimum absolute atomic E-state index is 0.0599. The number of nitrogens with zero attached hydrogens (tertiary/aromatic N) is 5. The van der Waals surface area contributed by atoms with Crippen LogP contribution in [0.25, 0.3) is 0 Å². The number of rotatable bonds is 6. The SMILES string of the molecule is Cc1ccccc1S(=O)(=O)N(C)C[C@@H]1OCc2cnnn2CCCC(=O)N([C@@H](C)CO)C[C@@H]1C. The molecule has 34 heavy (non-hydrogen) atoms. The second-order valence-electron chi connectivity index (χ2n) is 9.01. The second-order valence-corrected chi connectivity index (χ2v) is 11.0. The number of ether oxygens (including phenoxy) is 1. The van der Waals surface area contributed by atoms with E-state index in [4.69, 9.17) is 4.74 Å². The minimum Gasteiger partial charge on any atom is -0.394 e. The lowest BCUT2D eigenvalue weighted by atomic mass is 10.0. The number of benzene rings is 1. The van der Waals surface area contributed by atoms with Crippen molar-refractivity contribution in [3.05, 3.63) is 41.7 Å². The molecule has 0 unspecified atom stereocenters. The Morgan fingerprint density at radius 1 is 1.32 bits per heavy atom. The third kappa shape index (κ3) is 6.01. The molecule has 2 aromatic rings. The van der Waals surface area contributed by atoms with Gasteiger partial charge in [-0.15, -0.1) is 5.10 Å². The molecule has 10 nitrogen and oxygen atoms in total. The van der Waals surface area contributed by atoms with E-state index < -0.39 is 16.1 Å². The number of amides is 1. The van der Waals surface area contributed by atoms with Crippen molar-refractivity contribution in [3.8, 4) is 0 Å². The lowest BCUT2D eigenvalue weighted by Gasteiger charge is -2.35. The Labute approximate surface area is 201 Å². The number of hydrogen-bond donors (Lipinski definition) is 1. The number of likely N-dealkylation sites (N-methyl/N-ethyl adjacent to an activating group) is 1. The van der Waals surface area contributed by atoms with Gasteiger partial charge in [-0.05, 0) is 31.9 Å². The summed E-state index contributed by atoms with van der Waals surface area (Å²) in [5.41, 5.74) is 1.45. The van der Waals surface area contributed by atoms with E-state index in [9.17, 15) is 18.3 Å². The van der Waals surface area contributed by atoms with Crippen molar-refractivity contribution in [1.82, 2.24) is 24.2 Å². The second kappa shape index (κ2) is 11.4. The lowest BCUT2D eigenvalue weighted by molar-refractivity contribution is -0.136. The Kier molecular flexibility index (Phi) is 8.80.